The highest BCUT2D eigenvalue weighted by molar-refractivity contribution is 7.89. The largest absolute Gasteiger partial charge is 0.496 e. The van der Waals surface area contributed by atoms with E-state index in [1.54, 1.807) is 0 Å². The third-order valence-electron chi connectivity index (χ3n) is 4.61. The minimum absolute atomic E-state index is 0.117. The van der Waals surface area contributed by atoms with Crippen molar-refractivity contribution in [2.75, 3.05) is 26.9 Å². The highest BCUT2D eigenvalue weighted by Crippen LogP contribution is 2.30. The summed E-state index contributed by atoms with van der Waals surface area (Å²) in [5.74, 6) is 0.455. The summed E-state index contributed by atoms with van der Waals surface area (Å²) in [5, 5.41) is 8.08. The lowest BCUT2D eigenvalue weighted by molar-refractivity contribution is -0.0697. The maximum absolute atomic E-state index is 12.7. The van der Waals surface area contributed by atoms with Crippen molar-refractivity contribution in [1.29, 1.82) is 0 Å². The van der Waals surface area contributed by atoms with Gasteiger partial charge >= 0.3 is 0 Å². The fraction of sp³-hybridized carbons (Fsp3) is 0.588. The molecule has 0 bridgehead atoms. The first-order chi connectivity index (χ1) is 12.4. The van der Waals surface area contributed by atoms with Crippen LogP contribution in [0.2, 0.25) is 0 Å². The lowest BCUT2D eigenvalue weighted by Gasteiger charge is -2.32. The van der Waals surface area contributed by atoms with Crippen LogP contribution in [0.5, 0.6) is 5.75 Å². The van der Waals surface area contributed by atoms with E-state index in [0.717, 1.165) is 0 Å². The Bertz CT molecular complexity index is 763. The number of carbonyl (C=O) groups excluding carboxylic acids is 1. The number of nitrogens with one attached hydrogen (secondary N) is 1. The SMILES string of the molecule is COc1ccc(S(N)(=O)=O)cc1C(=O)N[C@@H]1CCOC[C@H]1OCC1CC1. The molecule has 0 radical (unpaired) electrons. The molecule has 3 rings (SSSR count). The molecule has 0 unspecified atom stereocenters. The molecule has 1 aliphatic heterocycles. The molecule has 1 amide bonds. The van der Waals surface area contributed by atoms with Crippen LogP contribution >= 0.6 is 0 Å². The minimum Gasteiger partial charge on any atom is -0.496 e. The summed E-state index contributed by atoms with van der Waals surface area (Å²) in [5.41, 5.74) is 0.117. The number of sulfonamides is 1. The Kier molecular flexibility index (Phi) is 5.81. The Morgan fingerprint density at radius 2 is 2.12 bits per heavy atom. The summed E-state index contributed by atoms with van der Waals surface area (Å²) >= 11 is 0. The van der Waals surface area contributed by atoms with Crippen LogP contribution < -0.4 is 15.2 Å². The number of nitrogens with two attached hydrogens (primary N) is 1. The second kappa shape index (κ2) is 7.91. The summed E-state index contributed by atoms with van der Waals surface area (Å²) in [7, 11) is -2.50. The van der Waals surface area contributed by atoms with Crippen LogP contribution in [-0.4, -0.2) is 53.4 Å². The van der Waals surface area contributed by atoms with E-state index in [4.69, 9.17) is 19.3 Å². The van der Waals surface area contributed by atoms with Crippen molar-refractivity contribution >= 4 is 15.9 Å². The van der Waals surface area contributed by atoms with Crippen LogP contribution in [0, 0.1) is 5.92 Å². The van der Waals surface area contributed by atoms with E-state index in [1.165, 1.54) is 38.2 Å². The molecule has 2 aliphatic rings. The Balaban J connectivity index is 1.74. The molecule has 26 heavy (non-hydrogen) atoms. The lowest BCUT2D eigenvalue weighted by Crippen LogP contribution is -2.50. The minimum atomic E-state index is -3.92. The molecule has 3 N–H and O–H groups in total. The van der Waals surface area contributed by atoms with Gasteiger partial charge in [0.05, 0.1) is 30.2 Å². The molecule has 1 aromatic rings. The van der Waals surface area contributed by atoms with Crippen molar-refractivity contribution in [3.63, 3.8) is 0 Å². The monoisotopic (exact) mass is 384 g/mol. The van der Waals surface area contributed by atoms with E-state index in [0.29, 0.717) is 32.2 Å². The first-order valence-corrected chi connectivity index (χ1v) is 10.1. The molecule has 0 aromatic heterocycles. The molecule has 2 atom stereocenters. The predicted octanol–water partition coefficient (Wildman–Crippen LogP) is 0.657. The lowest BCUT2D eigenvalue weighted by atomic mass is 10.0. The normalized spacial score (nSPS) is 23.5. The maximum Gasteiger partial charge on any atom is 0.255 e. The molecule has 0 spiro atoms. The summed E-state index contributed by atoms with van der Waals surface area (Å²) in [4.78, 5) is 12.6. The average Bonchev–Trinajstić information content (AvgIpc) is 3.44. The van der Waals surface area contributed by atoms with Gasteiger partial charge in [-0.25, -0.2) is 13.6 Å². The fourth-order valence-corrected chi connectivity index (χ4v) is 3.41. The second-order valence-corrected chi connectivity index (χ2v) is 8.23. The van der Waals surface area contributed by atoms with Gasteiger partial charge in [0.1, 0.15) is 11.9 Å². The molecule has 1 aromatic carbocycles. The van der Waals surface area contributed by atoms with Gasteiger partial charge in [0.15, 0.2) is 0 Å². The zero-order valence-electron chi connectivity index (χ0n) is 14.6. The van der Waals surface area contributed by atoms with Crippen LogP contribution in [0.3, 0.4) is 0 Å². The topological polar surface area (TPSA) is 117 Å². The van der Waals surface area contributed by atoms with E-state index in [9.17, 15) is 13.2 Å². The van der Waals surface area contributed by atoms with Crippen LogP contribution in [0.25, 0.3) is 0 Å². The van der Waals surface area contributed by atoms with Crippen molar-refractivity contribution < 1.29 is 27.4 Å². The van der Waals surface area contributed by atoms with E-state index < -0.39 is 15.9 Å². The average molecular weight is 384 g/mol. The summed E-state index contributed by atoms with van der Waals surface area (Å²) in [6.07, 6.45) is 2.77. The number of benzene rings is 1. The first kappa shape index (κ1) is 19.1. The smallest absolute Gasteiger partial charge is 0.255 e. The maximum atomic E-state index is 12.7. The van der Waals surface area contributed by atoms with Gasteiger partial charge < -0.3 is 19.5 Å². The number of ether oxygens (including phenoxy) is 3. The number of methoxy groups -OCH3 is 1. The molecule has 9 heteroatoms. The van der Waals surface area contributed by atoms with Gasteiger partial charge in [-0.3, -0.25) is 4.79 Å². The van der Waals surface area contributed by atoms with E-state index >= 15 is 0 Å². The molecular formula is C17H24N2O6S. The van der Waals surface area contributed by atoms with Gasteiger partial charge in [0.25, 0.3) is 5.91 Å². The number of primary sulfonamides is 1. The molecule has 144 valence electrons. The third kappa shape index (κ3) is 4.73. The summed E-state index contributed by atoms with van der Waals surface area (Å²) in [6.45, 7) is 1.62. The zero-order chi connectivity index (χ0) is 18.7. The van der Waals surface area contributed by atoms with Crippen LogP contribution in [0.4, 0.5) is 0 Å². The highest BCUT2D eigenvalue weighted by atomic mass is 32.2. The molecule has 8 nitrogen and oxygen atoms in total. The first-order valence-electron chi connectivity index (χ1n) is 8.59. The molecule has 2 fully saturated rings. The number of rotatable bonds is 7. The van der Waals surface area contributed by atoms with E-state index in [1.807, 2.05) is 0 Å². The molecule has 1 heterocycles. The predicted molar refractivity (Wildman–Crippen MR) is 93.5 cm³/mol. The zero-order valence-corrected chi connectivity index (χ0v) is 15.5. The molecule has 1 saturated carbocycles. The van der Waals surface area contributed by atoms with Crippen molar-refractivity contribution in [2.24, 2.45) is 11.1 Å². The van der Waals surface area contributed by atoms with Gasteiger partial charge in [0, 0.05) is 13.2 Å². The van der Waals surface area contributed by atoms with Gasteiger partial charge in [-0.1, -0.05) is 0 Å². The second-order valence-electron chi connectivity index (χ2n) is 6.67. The highest BCUT2D eigenvalue weighted by Gasteiger charge is 2.31. The Morgan fingerprint density at radius 3 is 2.77 bits per heavy atom. The van der Waals surface area contributed by atoms with Crippen molar-refractivity contribution in [3.8, 4) is 5.75 Å². The number of carbonyl (C=O) groups is 1. The number of hydrogen-bond donors (Lipinski definition) is 2. The van der Waals surface area contributed by atoms with Crippen molar-refractivity contribution in [1.82, 2.24) is 5.32 Å². The van der Waals surface area contributed by atoms with Gasteiger partial charge in [-0.15, -0.1) is 0 Å². The van der Waals surface area contributed by atoms with Gasteiger partial charge in [-0.05, 0) is 43.4 Å². The van der Waals surface area contributed by atoms with Crippen LogP contribution in [0.15, 0.2) is 23.1 Å². The molecular weight excluding hydrogens is 360 g/mol. The van der Waals surface area contributed by atoms with E-state index in [2.05, 4.69) is 5.32 Å². The standard InChI is InChI=1S/C17H24N2O6S/c1-23-15-5-4-12(26(18,21)22)8-13(15)17(20)19-14-6-7-24-10-16(14)25-9-11-2-3-11/h4-5,8,11,14,16H,2-3,6-7,9-10H2,1H3,(H,19,20)(H2,18,21,22)/t14-,16-/m1/s1. The summed E-state index contributed by atoms with van der Waals surface area (Å²) < 4.78 is 39.7. The third-order valence-corrected chi connectivity index (χ3v) is 5.52. The van der Waals surface area contributed by atoms with Gasteiger partial charge in [0.2, 0.25) is 10.0 Å². The van der Waals surface area contributed by atoms with Crippen LogP contribution in [0.1, 0.15) is 29.6 Å². The Hall–Kier alpha value is -1.68. The van der Waals surface area contributed by atoms with Crippen molar-refractivity contribution in [2.45, 2.75) is 36.3 Å². The van der Waals surface area contributed by atoms with Crippen LogP contribution in [-0.2, 0) is 19.5 Å². The Morgan fingerprint density at radius 1 is 1.35 bits per heavy atom. The Labute approximate surface area is 153 Å². The quantitative estimate of drug-likeness (QED) is 0.713. The summed E-state index contributed by atoms with van der Waals surface area (Å²) in [6, 6.07) is 3.74. The fourth-order valence-electron chi connectivity index (χ4n) is 2.87. The molecule has 1 saturated heterocycles. The van der Waals surface area contributed by atoms with E-state index in [-0.39, 0.29) is 28.4 Å². The van der Waals surface area contributed by atoms with Crippen molar-refractivity contribution in [3.05, 3.63) is 23.8 Å². The number of amides is 1. The van der Waals surface area contributed by atoms with Gasteiger partial charge in [-0.2, -0.15) is 0 Å². The molecule has 1 aliphatic carbocycles. The number of hydrogen-bond acceptors (Lipinski definition) is 6.